The number of ether oxygens (including phenoxy) is 14. The van der Waals surface area contributed by atoms with Crippen LogP contribution < -0.4 is 16.0 Å². The van der Waals surface area contributed by atoms with Gasteiger partial charge in [-0.1, -0.05) is 0 Å². The van der Waals surface area contributed by atoms with Crippen LogP contribution in [0.2, 0.25) is 0 Å². The summed E-state index contributed by atoms with van der Waals surface area (Å²) in [6.45, 7) is -5.71. The van der Waals surface area contributed by atoms with Crippen molar-refractivity contribution in [2.45, 2.75) is 279 Å². The molecule has 598 valence electrons. The van der Waals surface area contributed by atoms with E-state index in [1.807, 2.05) is 0 Å². The third kappa shape index (κ3) is 19.5. The zero-order valence-electron chi connectivity index (χ0n) is 55.4. The van der Waals surface area contributed by atoms with Gasteiger partial charge in [0.25, 0.3) is 5.79 Å². The lowest BCUT2D eigenvalue weighted by Crippen LogP contribution is -2.72. The molecule has 0 aromatic carbocycles. The normalized spacial score (nSPS) is 45.1. The lowest BCUT2D eigenvalue weighted by Gasteiger charge is -2.52. The van der Waals surface area contributed by atoms with Gasteiger partial charge in [0.15, 0.2) is 37.7 Å². The molecule has 46 heteroatoms. The fraction of sp³-hybridized carbons (Fsp3) is 0.930. The Morgan fingerprint density at radius 2 is 0.874 bits per heavy atom. The first-order valence-electron chi connectivity index (χ1n) is 32.5. The molecule has 28 N–H and O–H groups in total. The van der Waals surface area contributed by atoms with Crippen LogP contribution in [0.1, 0.15) is 34.1 Å². The van der Waals surface area contributed by atoms with Crippen LogP contribution in [0.4, 0.5) is 0 Å². The van der Waals surface area contributed by atoms with Crippen molar-refractivity contribution < 1.29 is 213 Å². The van der Waals surface area contributed by atoms with Crippen LogP contribution in [0.25, 0.3) is 0 Å². The largest absolute Gasteiger partial charge is 0.477 e. The summed E-state index contributed by atoms with van der Waals surface area (Å²) in [6, 6.07) is -5.68. The van der Waals surface area contributed by atoms with Gasteiger partial charge >= 0.3 is 5.97 Å². The van der Waals surface area contributed by atoms with Gasteiger partial charge in [-0.25, -0.2) is 4.79 Å². The van der Waals surface area contributed by atoms with E-state index in [1.54, 1.807) is 0 Å². The molecule has 0 bridgehead atoms. The minimum atomic E-state index is -3.51. The van der Waals surface area contributed by atoms with Gasteiger partial charge in [-0.05, 0) is 6.92 Å². The highest BCUT2D eigenvalue weighted by Crippen LogP contribution is 2.42. The Morgan fingerprint density at radius 1 is 0.437 bits per heavy atom. The summed E-state index contributed by atoms with van der Waals surface area (Å²) in [5.74, 6) is -8.62. The van der Waals surface area contributed by atoms with Crippen LogP contribution in [-0.4, -0.2) is 449 Å². The summed E-state index contributed by atoms with van der Waals surface area (Å²) in [5.41, 5.74) is 0. The molecule has 0 saturated carbocycles. The molecule has 0 radical (unpaired) electrons. The second-order valence-electron chi connectivity index (χ2n) is 25.8. The number of nitrogens with one attached hydrogen (secondary N) is 3. The molecule has 0 aromatic heterocycles. The molecular formula is C57H97N3O43. The molecule has 0 aliphatic carbocycles. The predicted molar refractivity (Wildman–Crippen MR) is 317 cm³/mol. The molecule has 46 nitrogen and oxygen atoms in total. The molecule has 0 aromatic rings. The van der Waals surface area contributed by atoms with E-state index in [9.17, 15) is 147 Å². The predicted octanol–water partition coefficient (Wildman–Crippen LogP) is -18.2. The highest BCUT2D eigenvalue weighted by Gasteiger charge is 2.63. The van der Waals surface area contributed by atoms with E-state index in [0.717, 1.165) is 20.8 Å². The van der Waals surface area contributed by atoms with Crippen molar-refractivity contribution in [1.29, 1.82) is 0 Å². The van der Waals surface area contributed by atoms with Crippen LogP contribution in [0.5, 0.6) is 0 Å². The van der Waals surface area contributed by atoms with Crippen molar-refractivity contribution in [3.05, 3.63) is 0 Å². The zero-order chi connectivity index (χ0) is 76.7. The first-order valence-corrected chi connectivity index (χ1v) is 32.5. The van der Waals surface area contributed by atoms with Crippen molar-refractivity contribution in [1.82, 2.24) is 16.0 Å². The van der Waals surface area contributed by atoms with E-state index in [1.165, 1.54) is 6.92 Å². The second-order valence-corrected chi connectivity index (χ2v) is 25.8. The molecule has 103 heavy (non-hydrogen) atoms. The van der Waals surface area contributed by atoms with E-state index in [0.29, 0.717) is 0 Å². The molecule has 7 rings (SSSR count). The summed E-state index contributed by atoms with van der Waals surface area (Å²) in [5, 5.41) is 281. The second kappa shape index (κ2) is 37.7. The number of carbonyl (C=O) groups is 4. The third-order valence-corrected chi connectivity index (χ3v) is 18.4. The molecule has 7 aliphatic rings. The summed E-state index contributed by atoms with van der Waals surface area (Å²) >= 11 is 0. The third-order valence-electron chi connectivity index (χ3n) is 18.4. The van der Waals surface area contributed by atoms with Crippen molar-refractivity contribution in [2.24, 2.45) is 0 Å². The minimum Gasteiger partial charge on any atom is -0.477 e. The van der Waals surface area contributed by atoms with Crippen LogP contribution in [-0.2, 0) is 85.5 Å². The number of aliphatic hydroxyl groups excluding tert-OH is 24. The van der Waals surface area contributed by atoms with Gasteiger partial charge in [-0.15, -0.1) is 0 Å². The van der Waals surface area contributed by atoms with Crippen molar-refractivity contribution in [3.8, 4) is 0 Å². The summed E-state index contributed by atoms with van der Waals surface area (Å²) < 4.78 is 83.2. The van der Waals surface area contributed by atoms with Crippen LogP contribution in [0.3, 0.4) is 0 Å². The standard InChI is InChI=1S/C57H97N3O43/c1-14-30(75)37(82)39(84)52(91-14)100-47-29(60-17(4)70)50(94-24(11-66)44(47)99-53-40(85)38(83)34(79)23(10-65)93-53)90-13-26-35(80)48(41(86)54(96-26)97-43(21(74)8-63)31(76)19(72)6-61)101-55-42(87)49(45(25(12-67)95-55)98-51-28(59-16(3)69)36(81)33(78)22(9-64)92-51)103-57(56(88)89)5-18(71)27(58-15(2)68)46(102-57)32(77)20(73)7-62/h14,18-55,61-67,71-87H,5-13H2,1-4H3,(H,58,68)(H,59,69)(H,60,70)(H,88,89)/t14-,18-,19-,20+,21+,22+,23+,24+,25+,26+,27+,28+,29+,30+,31+,32+,33-,34-,35-,36+,37+,38-,39-,40+,41+,42+,43+,44+,45-,46+,47+,48-,49+,50+,51-,52-,53-,54-,55-,57-/m0/s1. The highest BCUT2D eigenvalue weighted by atomic mass is 16.8. The summed E-state index contributed by atoms with van der Waals surface area (Å²) in [7, 11) is 0. The van der Waals surface area contributed by atoms with Crippen molar-refractivity contribution >= 4 is 23.7 Å². The first-order chi connectivity index (χ1) is 48.5. The Hall–Kier alpha value is -3.64. The molecule has 7 aliphatic heterocycles. The number of carbonyl (C=O) groups excluding carboxylic acids is 3. The maximum absolute atomic E-state index is 13.8. The average molecular weight is 1510 g/mol. The highest BCUT2D eigenvalue weighted by molar-refractivity contribution is 5.77. The molecule has 3 amide bonds. The molecule has 7 saturated heterocycles. The van der Waals surface area contributed by atoms with Gasteiger partial charge in [-0.2, -0.15) is 0 Å². The number of hydrogen-bond acceptors (Lipinski definition) is 42. The number of amides is 3. The number of carboxylic acid groups (broad SMARTS) is 1. The van der Waals surface area contributed by atoms with E-state index in [4.69, 9.17) is 66.3 Å². The number of carboxylic acids is 1. The van der Waals surface area contributed by atoms with E-state index < -0.39 is 328 Å². The number of aliphatic carboxylic acids is 1. The first kappa shape index (κ1) is 86.6. The van der Waals surface area contributed by atoms with E-state index in [2.05, 4.69) is 16.0 Å². The Morgan fingerprint density at radius 3 is 1.42 bits per heavy atom. The van der Waals surface area contributed by atoms with Gasteiger partial charge < -0.3 is 210 Å². The van der Waals surface area contributed by atoms with Gasteiger partial charge in [0.05, 0.1) is 71.1 Å². The fourth-order valence-corrected chi connectivity index (χ4v) is 12.8. The lowest BCUT2D eigenvalue weighted by atomic mass is 9.88. The van der Waals surface area contributed by atoms with E-state index >= 15 is 0 Å². The Labute approximate surface area is 583 Å². The zero-order valence-corrected chi connectivity index (χ0v) is 55.4. The van der Waals surface area contributed by atoms with Crippen LogP contribution in [0, 0.1) is 0 Å². The maximum atomic E-state index is 13.8. The van der Waals surface area contributed by atoms with Gasteiger partial charge in [-0.3, -0.25) is 14.4 Å². The number of rotatable bonds is 31. The maximum Gasteiger partial charge on any atom is 0.364 e. The molecule has 40 atom stereocenters. The van der Waals surface area contributed by atoms with Gasteiger partial charge in [0, 0.05) is 27.2 Å². The number of hydrogen-bond donors (Lipinski definition) is 28. The van der Waals surface area contributed by atoms with Crippen molar-refractivity contribution in [3.63, 3.8) is 0 Å². The lowest BCUT2D eigenvalue weighted by molar-refractivity contribution is -0.404. The Kier molecular flexibility index (Phi) is 31.7. The smallest absolute Gasteiger partial charge is 0.364 e. The molecular weight excluding hydrogens is 1410 g/mol. The molecule has 7 fully saturated rings. The number of aliphatic hydroxyl groups is 24. The van der Waals surface area contributed by atoms with Gasteiger partial charge in [0.2, 0.25) is 17.7 Å². The SMILES string of the molecule is CC(=O)N[C@H]1[C@H](O[C@@H]2[C@H](O[C@]3(C(=O)O)C[C@H](O)[C@@H](NC(C)=O)[C@H]([C@H](O)[C@H](O)CO)O3)[C@@H](O)[C@H](O[C@H]3[C@@H](O)[C@@H](CO[C@@H]4O[C@H](CO)[C@@H](O[C@@H]5O[C@H](CO)[C@H](O)[C@H](O)[C@H]5O)[C@H](O[C@@H]5O[C@@H](C)[C@@H](O)[C@@H](O)[C@@H]5O)[C@H]4NC(C)=O)O[C@@H](O[C@@H]([C@H](O)[C@@H](O)CO)[C@H](O)CO)[C@@H]3O)O[C@@H]2CO)O[C@H](CO)[C@H](O)[C@@H]1O. The van der Waals surface area contributed by atoms with Crippen LogP contribution >= 0.6 is 0 Å². The quantitative estimate of drug-likeness (QED) is 0.0306. The monoisotopic (exact) mass is 1510 g/mol. The average Bonchev–Trinajstić information content (AvgIpc) is 0.751. The van der Waals surface area contributed by atoms with Crippen LogP contribution in [0.15, 0.2) is 0 Å². The Balaban J connectivity index is 1.32. The fourth-order valence-electron chi connectivity index (χ4n) is 12.8. The molecule has 0 spiro atoms. The molecule has 7 heterocycles. The van der Waals surface area contributed by atoms with Crippen molar-refractivity contribution in [2.75, 3.05) is 52.9 Å². The minimum absolute atomic E-state index is 0.919. The molecule has 0 unspecified atom stereocenters. The van der Waals surface area contributed by atoms with Gasteiger partial charge in [0.1, 0.15) is 183 Å². The topological polar surface area (TPSA) is 739 Å². The van der Waals surface area contributed by atoms with E-state index in [-0.39, 0.29) is 0 Å². The summed E-state index contributed by atoms with van der Waals surface area (Å²) in [6.07, 6.45) is -80.2. The Bertz CT molecular complexity index is 2670. The summed E-state index contributed by atoms with van der Waals surface area (Å²) in [4.78, 5) is 52.1.